The van der Waals surface area contributed by atoms with Crippen molar-refractivity contribution in [3.8, 4) is 0 Å². The number of halogens is 1. The van der Waals surface area contributed by atoms with E-state index < -0.39 is 5.97 Å². The molecular formula is C18H16ClNO3. The van der Waals surface area contributed by atoms with Crippen molar-refractivity contribution in [1.82, 2.24) is 0 Å². The lowest BCUT2D eigenvalue weighted by Gasteiger charge is -2.08. The molecule has 5 heteroatoms. The van der Waals surface area contributed by atoms with Gasteiger partial charge in [0.1, 0.15) is 6.61 Å². The van der Waals surface area contributed by atoms with Gasteiger partial charge in [-0.3, -0.25) is 4.79 Å². The minimum absolute atomic E-state index is 0.0108. The molecule has 1 aliphatic rings. The molecule has 0 unspecified atom stereocenters. The lowest BCUT2D eigenvalue weighted by molar-refractivity contribution is -0.117. The highest BCUT2D eigenvalue weighted by atomic mass is 35.5. The molecule has 1 N–H and O–H groups in total. The first-order valence-corrected chi connectivity index (χ1v) is 7.82. The van der Waals surface area contributed by atoms with Crippen LogP contribution in [0.2, 0.25) is 5.02 Å². The molecule has 1 fully saturated rings. The van der Waals surface area contributed by atoms with Crippen LogP contribution < -0.4 is 5.32 Å². The number of rotatable bonds is 5. The minimum Gasteiger partial charge on any atom is -0.457 e. The molecule has 0 aromatic heterocycles. The van der Waals surface area contributed by atoms with Crippen molar-refractivity contribution in [3.05, 3.63) is 64.7 Å². The monoisotopic (exact) mass is 329 g/mol. The molecule has 23 heavy (non-hydrogen) atoms. The molecule has 0 aliphatic heterocycles. The highest BCUT2D eigenvalue weighted by Gasteiger charge is 2.29. The van der Waals surface area contributed by atoms with Crippen molar-refractivity contribution in [2.24, 2.45) is 5.92 Å². The maximum atomic E-state index is 12.1. The molecule has 2 aromatic rings. The third-order valence-electron chi connectivity index (χ3n) is 3.60. The molecule has 0 bridgehead atoms. The Morgan fingerprint density at radius 3 is 2.57 bits per heavy atom. The van der Waals surface area contributed by atoms with Gasteiger partial charge in [-0.25, -0.2) is 4.79 Å². The Bertz CT molecular complexity index is 723. The van der Waals surface area contributed by atoms with Gasteiger partial charge in [-0.2, -0.15) is 0 Å². The fourth-order valence-corrected chi connectivity index (χ4v) is 2.25. The number of amides is 1. The van der Waals surface area contributed by atoms with Crippen LogP contribution in [0.4, 0.5) is 5.69 Å². The summed E-state index contributed by atoms with van der Waals surface area (Å²) in [5.74, 6) is -0.297. The average molecular weight is 330 g/mol. The average Bonchev–Trinajstić information content (AvgIpc) is 3.39. The largest absolute Gasteiger partial charge is 0.457 e. The molecule has 1 amide bonds. The summed E-state index contributed by atoms with van der Waals surface area (Å²) in [7, 11) is 0. The van der Waals surface area contributed by atoms with E-state index in [1.54, 1.807) is 36.4 Å². The number of nitrogens with one attached hydrogen (secondary N) is 1. The van der Waals surface area contributed by atoms with E-state index in [0.29, 0.717) is 16.3 Å². The molecule has 1 saturated carbocycles. The van der Waals surface area contributed by atoms with Gasteiger partial charge in [-0.15, -0.1) is 0 Å². The second-order valence-corrected chi connectivity index (χ2v) is 5.98. The molecule has 0 saturated heterocycles. The maximum absolute atomic E-state index is 12.1. The number of hydrogen-bond acceptors (Lipinski definition) is 3. The molecule has 4 nitrogen and oxygen atoms in total. The lowest BCUT2D eigenvalue weighted by Crippen LogP contribution is -2.14. The molecule has 0 radical (unpaired) electrons. The zero-order valence-corrected chi connectivity index (χ0v) is 13.2. The smallest absolute Gasteiger partial charge is 0.338 e. The molecule has 1 aliphatic carbocycles. The molecule has 3 rings (SSSR count). The minimum atomic E-state index is -0.428. The maximum Gasteiger partial charge on any atom is 0.338 e. The Labute approximate surface area is 139 Å². The molecular weight excluding hydrogens is 314 g/mol. The summed E-state index contributed by atoms with van der Waals surface area (Å²) in [4.78, 5) is 23.9. The Morgan fingerprint density at radius 2 is 1.87 bits per heavy atom. The van der Waals surface area contributed by atoms with Gasteiger partial charge in [0.2, 0.25) is 5.91 Å². The van der Waals surface area contributed by atoms with Crippen LogP contribution in [0.5, 0.6) is 0 Å². The van der Waals surface area contributed by atoms with E-state index in [0.717, 1.165) is 18.4 Å². The topological polar surface area (TPSA) is 55.4 Å². The second kappa shape index (κ2) is 6.84. The summed E-state index contributed by atoms with van der Waals surface area (Å²) in [5, 5.41) is 3.46. The Morgan fingerprint density at radius 1 is 1.13 bits per heavy atom. The molecule has 118 valence electrons. The summed E-state index contributed by atoms with van der Waals surface area (Å²) in [6, 6.07) is 13.9. The van der Waals surface area contributed by atoms with Gasteiger partial charge in [0.05, 0.1) is 5.56 Å². The highest BCUT2D eigenvalue weighted by Crippen LogP contribution is 2.30. The van der Waals surface area contributed by atoms with Crippen LogP contribution in [0.15, 0.2) is 48.5 Å². The summed E-state index contributed by atoms with van der Waals surface area (Å²) in [6.07, 6.45) is 1.88. The van der Waals surface area contributed by atoms with E-state index in [1.807, 2.05) is 12.1 Å². The van der Waals surface area contributed by atoms with Gasteiger partial charge in [0.25, 0.3) is 0 Å². The highest BCUT2D eigenvalue weighted by molar-refractivity contribution is 6.30. The van der Waals surface area contributed by atoms with E-state index in [9.17, 15) is 9.59 Å². The van der Waals surface area contributed by atoms with Crippen molar-refractivity contribution < 1.29 is 14.3 Å². The Balaban J connectivity index is 1.60. The van der Waals surface area contributed by atoms with Gasteiger partial charge >= 0.3 is 5.97 Å². The number of hydrogen-bond donors (Lipinski definition) is 1. The van der Waals surface area contributed by atoms with Crippen LogP contribution in [-0.2, 0) is 16.1 Å². The quantitative estimate of drug-likeness (QED) is 0.842. The van der Waals surface area contributed by atoms with Crippen molar-refractivity contribution in [1.29, 1.82) is 0 Å². The first-order valence-electron chi connectivity index (χ1n) is 7.44. The number of carbonyl (C=O) groups excluding carboxylic acids is 2. The SMILES string of the molecule is O=C(OCc1ccc(Cl)cc1)c1cccc(NC(=O)C2CC2)c1. The van der Waals surface area contributed by atoms with Crippen LogP contribution in [0.3, 0.4) is 0 Å². The van der Waals surface area contributed by atoms with Crippen molar-refractivity contribution >= 4 is 29.2 Å². The third kappa shape index (κ3) is 4.33. The van der Waals surface area contributed by atoms with E-state index >= 15 is 0 Å². The first kappa shape index (κ1) is 15.6. The second-order valence-electron chi connectivity index (χ2n) is 5.55. The van der Waals surface area contributed by atoms with Crippen molar-refractivity contribution in [3.63, 3.8) is 0 Å². The Hall–Kier alpha value is -2.33. The van der Waals surface area contributed by atoms with Crippen LogP contribution in [0, 0.1) is 5.92 Å². The van der Waals surface area contributed by atoms with Gasteiger partial charge < -0.3 is 10.1 Å². The normalized spacial score (nSPS) is 13.4. The molecule has 0 atom stereocenters. The van der Waals surface area contributed by atoms with E-state index in [2.05, 4.69) is 5.32 Å². The van der Waals surface area contributed by atoms with E-state index in [4.69, 9.17) is 16.3 Å². The standard InChI is InChI=1S/C18H16ClNO3/c19-15-8-4-12(5-9-15)11-23-18(22)14-2-1-3-16(10-14)20-17(21)13-6-7-13/h1-5,8-10,13H,6-7,11H2,(H,20,21). The number of esters is 1. The van der Waals surface area contributed by atoms with E-state index in [-0.39, 0.29) is 18.4 Å². The fourth-order valence-electron chi connectivity index (χ4n) is 2.13. The molecule has 0 spiro atoms. The van der Waals surface area contributed by atoms with Crippen molar-refractivity contribution in [2.45, 2.75) is 19.4 Å². The summed E-state index contributed by atoms with van der Waals surface area (Å²) < 4.78 is 5.28. The fraction of sp³-hybridized carbons (Fsp3) is 0.222. The zero-order valence-electron chi connectivity index (χ0n) is 12.4. The lowest BCUT2D eigenvalue weighted by atomic mass is 10.2. The van der Waals surface area contributed by atoms with Crippen LogP contribution >= 0.6 is 11.6 Å². The summed E-state index contributed by atoms with van der Waals surface area (Å²) in [6.45, 7) is 0.175. The predicted octanol–water partition coefficient (Wildman–Crippen LogP) is 4.05. The summed E-state index contributed by atoms with van der Waals surface area (Å²) in [5.41, 5.74) is 1.89. The molecule has 0 heterocycles. The van der Waals surface area contributed by atoms with Crippen LogP contribution in [-0.4, -0.2) is 11.9 Å². The first-order chi connectivity index (χ1) is 11.1. The number of carbonyl (C=O) groups is 2. The van der Waals surface area contributed by atoms with Gasteiger partial charge in [0.15, 0.2) is 0 Å². The van der Waals surface area contributed by atoms with Gasteiger partial charge in [0, 0.05) is 16.6 Å². The number of benzene rings is 2. The van der Waals surface area contributed by atoms with Gasteiger partial charge in [-0.05, 0) is 48.7 Å². The molecule has 2 aromatic carbocycles. The van der Waals surface area contributed by atoms with Crippen LogP contribution in [0.25, 0.3) is 0 Å². The van der Waals surface area contributed by atoms with Crippen molar-refractivity contribution in [2.75, 3.05) is 5.32 Å². The predicted molar refractivity (Wildman–Crippen MR) is 88.4 cm³/mol. The van der Waals surface area contributed by atoms with E-state index in [1.165, 1.54) is 0 Å². The summed E-state index contributed by atoms with van der Waals surface area (Å²) >= 11 is 5.81. The third-order valence-corrected chi connectivity index (χ3v) is 3.85. The Kier molecular flexibility index (Phi) is 4.63. The number of anilines is 1. The zero-order chi connectivity index (χ0) is 16.2. The number of ether oxygens (including phenoxy) is 1. The van der Waals surface area contributed by atoms with Gasteiger partial charge in [-0.1, -0.05) is 29.8 Å². The van der Waals surface area contributed by atoms with Crippen LogP contribution in [0.1, 0.15) is 28.8 Å².